The minimum Gasteiger partial charge on any atom is -0.355 e. The molecule has 1 fully saturated rings. The maximum absolute atomic E-state index is 12.3. The number of nitrogens with one attached hydrogen (secondary N) is 1. The molecule has 27 heavy (non-hydrogen) atoms. The van der Waals surface area contributed by atoms with Crippen LogP contribution in [0, 0.1) is 0 Å². The molecule has 0 atom stereocenters. The van der Waals surface area contributed by atoms with Crippen LogP contribution in [0.25, 0.3) is 0 Å². The van der Waals surface area contributed by atoms with Crippen molar-refractivity contribution in [2.75, 3.05) is 6.54 Å². The first-order valence-electron chi connectivity index (χ1n) is 9.33. The smallest absolute Gasteiger partial charge is 0.238 e. The van der Waals surface area contributed by atoms with Crippen LogP contribution < -0.4 is 10.5 Å². The van der Waals surface area contributed by atoms with Crippen molar-refractivity contribution in [1.29, 1.82) is 0 Å². The fourth-order valence-electron chi connectivity index (χ4n) is 3.87. The Hall–Kier alpha value is -2.18. The van der Waals surface area contributed by atoms with Gasteiger partial charge in [-0.15, -0.1) is 0 Å². The first-order chi connectivity index (χ1) is 12.9. The summed E-state index contributed by atoms with van der Waals surface area (Å²) >= 11 is 0. The lowest BCUT2D eigenvalue weighted by Gasteiger charge is -2.30. The van der Waals surface area contributed by atoms with Gasteiger partial charge < -0.3 is 5.32 Å². The Bertz CT molecular complexity index is 871. The molecular formula is C21H26N2O3S. The molecule has 0 spiro atoms. The summed E-state index contributed by atoms with van der Waals surface area (Å²) in [6.07, 6.45) is 5.54. The number of carbonyl (C=O) groups is 1. The second-order valence-corrected chi connectivity index (χ2v) is 8.88. The second-order valence-electron chi connectivity index (χ2n) is 7.32. The highest BCUT2D eigenvalue weighted by Crippen LogP contribution is 2.40. The molecule has 0 saturated heterocycles. The third-order valence-corrected chi connectivity index (χ3v) is 6.39. The van der Waals surface area contributed by atoms with E-state index >= 15 is 0 Å². The number of carbonyl (C=O) groups excluding carboxylic acids is 1. The Morgan fingerprint density at radius 1 is 1.00 bits per heavy atom. The molecule has 1 saturated carbocycles. The molecule has 0 heterocycles. The van der Waals surface area contributed by atoms with E-state index in [-0.39, 0.29) is 16.2 Å². The van der Waals surface area contributed by atoms with Crippen LogP contribution in [0.1, 0.15) is 43.2 Å². The zero-order valence-electron chi connectivity index (χ0n) is 15.4. The molecule has 0 unspecified atom stereocenters. The highest BCUT2D eigenvalue weighted by molar-refractivity contribution is 7.89. The molecule has 3 rings (SSSR count). The van der Waals surface area contributed by atoms with Crippen LogP contribution in [0.15, 0.2) is 59.5 Å². The summed E-state index contributed by atoms with van der Waals surface area (Å²) in [5.74, 6) is 0.0210. The first kappa shape index (κ1) is 19.6. The summed E-state index contributed by atoms with van der Waals surface area (Å²) in [6, 6.07) is 16.8. The zero-order valence-corrected chi connectivity index (χ0v) is 16.2. The highest BCUT2D eigenvalue weighted by atomic mass is 32.2. The normalized spacial score (nSPS) is 16.2. The van der Waals surface area contributed by atoms with Gasteiger partial charge >= 0.3 is 0 Å². The lowest BCUT2D eigenvalue weighted by Crippen LogP contribution is -2.39. The van der Waals surface area contributed by atoms with Gasteiger partial charge in [0.25, 0.3) is 0 Å². The third-order valence-electron chi connectivity index (χ3n) is 5.46. The van der Waals surface area contributed by atoms with E-state index in [4.69, 9.17) is 5.14 Å². The van der Waals surface area contributed by atoms with Crippen molar-refractivity contribution in [3.8, 4) is 0 Å². The first-order valence-corrected chi connectivity index (χ1v) is 10.9. The van der Waals surface area contributed by atoms with Crippen LogP contribution in [-0.4, -0.2) is 20.9 Å². The topological polar surface area (TPSA) is 89.3 Å². The number of amides is 1. The van der Waals surface area contributed by atoms with E-state index in [0.29, 0.717) is 19.4 Å². The minimum absolute atomic E-state index is 0.0210. The SMILES string of the molecule is NS(=O)(=O)c1ccc(CCC(=O)NCC2(c3ccccc3)CCCC2)cc1. The van der Waals surface area contributed by atoms with Crippen molar-refractivity contribution in [1.82, 2.24) is 5.32 Å². The average Bonchev–Trinajstić information content (AvgIpc) is 3.15. The molecule has 0 aromatic heterocycles. The molecule has 1 amide bonds. The van der Waals surface area contributed by atoms with Gasteiger partial charge in [-0.05, 0) is 42.5 Å². The van der Waals surface area contributed by atoms with Gasteiger partial charge in [-0.2, -0.15) is 0 Å². The molecule has 2 aromatic carbocycles. The fraction of sp³-hybridized carbons (Fsp3) is 0.381. The summed E-state index contributed by atoms with van der Waals surface area (Å²) in [7, 11) is -3.68. The second kappa shape index (κ2) is 8.23. The van der Waals surface area contributed by atoms with E-state index < -0.39 is 10.0 Å². The molecule has 3 N–H and O–H groups in total. The Kier molecular flexibility index (Phi) is 5.97. The maximum Gasteiger partial charge on any atom is 0.238 e. The highest BCUT2D eigenvalue weighted by Gasteiger charge is 2.35. The molecule has 144 valence electrons. The van der Waals surface area contributed by atoms with Crippen molar-refractivity contribution in [2.24, 2.45) is 5.14 Å². The fourth-order valence-corrected chi connectivity index (χ4v) is 4.39. The number of rotatable bonds is 7. The summed E-state index contributed by atoms with van der Waals surface area (Å²) in [5.41, 5.74) is 2.27. The number of hydrogen-bond acceptors (Lipinski definition) is 3. The van der Waals surface area contributed by atoms with Gasteiger partial charge in [0.1, 0.15) is 0 Å². The van der Waals surface area contributed by atoms with Crippen LogP contribution in [0.5, 0.6) is 0 Å². The minimum atomic E-state index is -3.68. The Labute approximate surface area is 161 Å². The quantitative estimate of drug-likeness (QED) is 0.767. The van der Waals surface area contributed by atoms with E-state index in [1.54, 1.807) is 12.1 Å². The number of primary sulfonamides is 1. The molecular weight excluding hydrogens is 360 g/mol. The maximum atomic E-state index is 12.3. The molecule has 1 aliphatic rings. The standard InChI is InChI=1S/C21H26N2O3S/c22-27(25,26)19-11-8-17(9-12-19)10-13-20(24)23-16-21(14-4-5-15-21)18-6-2-1-3-7-18/h1-3,6-9,11-12H,4-5,10,13-16H2,(H,23,24)(H2,22,25,26). The molecule has 2 aromatic rings. The molecule has 5 nitrogen and oxygen atoms in total. The van der Waals surface area contributed by atoms with Gasteiger partial charge in [0.05, 0.1) is 4.90 Å². The Morgan fingerprint density at radius 3 is 2.22 bits per heavy atom. The molecule has 0 aliphatic heterocycles. The Morgan fingerprint density at radius 2 is 1.63 bits per heavy atom. The van der Waals surface area contributed by atoms with Crippen LogP contribution in [0.3, 0.4) is 0 Å². The van der Waals surface area contributed by atoms with Gasteiger partial charge in [0.15, 0.2) is 0 Å². The lowest BCUT2D eigenvalue weighted by atomic mass is 9.79. The van der Waals surface area contributed by atoms with Crippen molar-refractivity contribution in [3.05, 3.63) is 65.7 Å². The summed E-state index contributed by atoms with van der Waals surface area (Å²) in [4.78, 5) is 12.4. The number of aryl methyl sites for hydroxylation is 1. The monoisotopic (exact) mass is 386 g/mol. The van der Waals surface area contributed by atoms with Crippen molar-refractivity contribution in [2.45, 2.75) is 48.8 Å². The summed E-state index contributed by atoms with van der Waals surface area (Å²) < 4.78 is 22.6. The zero-order chi connectivity index (χ0) is 19.3. The average molecular weight is 387 g/mol. The number of benzene rings is 2. The van der Waals surface area contributed by atoms with Gasteiger partial charge in [-0.25, -0.2) is 13.6 Å². The van der Waals surface area contributed by atoms with Crippen molar-refractivity contribution < 1.29 is 13.2 Å². The predicted molar refractivity (Wildman–Crippen MR) is 106 cm³/mol. The number of nitrogens with two attached hydrogens (primary N) is 1. The van der Waals surface area contributed by atoms with E-state index in [2.05, 4.69) is 29.6 Å². The number of hydrogen-bond donors (Lipinski definition) is 2. The third kappa shape index (κ3) is 4.96. The van der Waals surface area contributed by atoms with Crippen LogP contribution in [0.4, 0.5) is 0 Å². The van der Waals surface area contributed by atoms with E-state index in [1.165, 1.54) is 30.5 Å². The molecule has 1 aliphatic carbocycles. The van der Waals surface area contributed by atoms with Crippen molar-refractivity contribution in [3.63, 3.8) is 0 Å². The van der Waals surface area contributed by atoms with Gasteiger partial charge in [-0.1, -0.05) is 55.3 Å². The van der Waals surface area contributed by atoms with Crippen molar-refractivity contribution >= 4 is 15.9 Å². The van der Waals surface area contributed by atoms with Crippen LogP contribution in [-0.2, 0) is 26.7 Å². The van der Waals surface area contributed by atoms with Crippen LogP contribution in [0.2, 0.25) is 0 Å². The van der Waals surface area contributed by atoms with Crippen LogP contribution >= 0.6 is 0 Å². The molecule has 0 bridgehead atoms. The predicted octanol–water partition coefficient (Wildman–Crippen LogP) is 2.89. The summed E-state index contributed by atoms with van der Waals surface area (Å²) in [6.45, 7) is 0.667. The molecule has 6 heteroatoms. The van der Waals surface area contributed by atoms with E-state index in [0.717, 1.165) is 18.4 Å². The van der Waals surface area contributed by atoms with Gasteiger partial charge in [0.2, 0.25) is 15.9 Å². The summed E-state index contributed by atoms with van der Waals surface area (Å²) in [5, 5.41) is 8.21. The lowest BCUT2D eigenvalue weighted by molar-refractivity contribution is -0.121. The van der Waals surface area contributed by atoms with E-state index in [9.17, 15) is 13.2 Å². The Balaban J connectivity index is 1.55. The van der Waals surface area contributed by atoms with Gasteiger partial charge in [0, 0.05) is 18.4 Å². The van der Waals surface area contributed by atoms with Gasteiger partial charge in [-0.3, -0.25) is 4.79 Å². The van der Waals surface area contributed by atoms with E-state index in [1.807, 2.05) is 6.07 Å². The number of sulfonamides is 1. The molecule has 0 radical (unpaired) electrons. The largest absolute Gasteiger partial charge is 0.355 e.